The number of aromatic nitrogens is 5. The summed E-state index contributed by atoms with van der Waals surface area (Å²) in [6, 6.07) is 5.07. The first kappa shape index (κ1) is 15.0. The van der Waals surface area contributed by atoms with Gasteiger partial charge in [0.25, 0.3) is 0 Å². The van der Waals surface area contributed by atoms with Crippen molar-refractivity contribution in [3.8, 4) is 0 Å². The zero-order valence-corrected chi connectivity index (χ0v) is 13.7. The van der Waals surface area contributed by atoms with Crippen molar-refractivity contribution in [3.05, 3.63) is 35.7 Å². The molecule has 5 nitrogen and oxygen atoms in total. The summed E-state index contributed by atoms with van der Waals surface area (Å²) in [6.45, 7) is 4.85. The number of fused-ring (bicyclic) bond motifs is 1. The first-order valence-electron chi connectivity index (χ1n) is 7.30. The molecule has 3 rings (SSSR count). The van der Waals surface area contributed by atoms with Crippen molar-refractivity contribution in [1.29, 1.82) is 0 Å². The second kappa shape index (κ2) is 6.08. The van der Waals surface area contributed by atoms with E-state index in [4.69, 9.17) is 0 Å². The molecule has 3 aromatic rings. The molecule has 0 aliphatic carbocycles. The Labute approximate surface area is 132 Å². The van der Waals surface area contributed by atoms with Crippen LogP contribution in [-0.2, 0) is 25.8 Å². The number of rotatable bonds is 5. The quantitative estimate of drug-likeness (QED) is 0.678. The molecule has 2 heterocycles. The number of thioether (sulfide) groups is 1. The van der Waals surface area contributed by atoms with Crippen LogP contribution in [-0.4, -0.2) is 24.3 Å². The Hall–Kier alpha value is -1.89. The molecule has 0 atom stereocenters. The van der Waals surface area contributed by atoms with Gasteiger partial charge in [0.15, 0.2) is 11.0 Å². The van der Waals surface area contributed by atoms with Gasteiger partial charge in [-0.25, -0.2) is 9.37 Å². The molecule has 0 unspecified atom stereocenters. The SMILES string of the molecule is CCc1nnc(SCc2nc3c(F)cccc3n2CC)n1C. The fraction of sp³-hybridized carbons (Fsp3) is 0.400. The molecule has 0 saturated heterocycles. The zero-order chi connectivity index (χ0) is 15.7. The molecule has 0 amide bonds. The molecule has 22 heavy (non-hydrogen) atoms. The van der Waals surface area contributed by atoms with E-state index < -0.39 is 0 Å². The normalized spacial score (nSPS) is 11.5. The Kier molecular flexibility index (Phi) is 4.15. The fourth-order valence-corrected chi connectivity index (χ4v) is 3.41. The molecular weight excluding hydrogens is 301 g/mol. The number of imidazole rings is 1. The Morgan fingerprint density at radius 3 is 2.68 bits per heavy atom. The van der Waals surface area contributed by atoms with Crippen LogP contribution in [0.5, 0.6) is 0 Å². The van der Waals surface area contributed by atoms with Crippen LogP contribution in [0, 0.1) is 5.82 Å². The van der Waals surface area contributed by atoms with E-state index in [2.05, 4.69) is 22.1 Å². The van der Waals surface area contributed by atoms with Crippen LogP contribution < -0.4 is 0 Å². The van der Waals surface area contributed by atoms with Gasteiger partial charge < -0.3 is 9.13 Å². The molecule has 116 valence electrons. The summed E-state index contributed by atoms with van der Waals surface area (Å²) in [7, 11) is 1.96. The molecule has 0 aliphatic heterocycles. The highest BCUT2D eigenvalue weighted by Crippen LogP contribution is 2.25. The molecule has 1 aromatic carbocycles. The summed E-state index contributed by atoms with van der Waals surface area (Å²) in [6.07, 6.45) is 0.850. The maximum absolute atomic E-state index is 13.9. The summed E-state index contributed by atoms with van der Waals surface area (Å²) in [5.41, 5.74) is 1.28. The predicted octanol–water partition coefficient (Wildman–Crippen LogP) is 3.18. The van der Waals surface area contributed by atoms with Gasteiger partial charge in [0, 0.05) is 20.0 Å². The number of hydrogen-bond donors (Lipinski definition) is 0. The standard InChI is InChI=1S/C15H18FN5S/c1-4-12-18-19-15(20(12)3)22-9-13-17-14-10(16)7-6-8-11(14)21(13)5-2/h6-8H,4-5,9H2,1-3H3. The number of nitrogens with zero attached hydrogens (tertiary/aromatic N) is 5. The van der Waals surface area contributed by atoms with Crippen LogP contribution in [0.15, 0.2) is 23.4 Å². The van der Waals surface area contributed by atoms with Crippen molar-refractivity contribution < 1.29 is 4.39 Å². The van der Waals surface area contributed by atoms with Gasteiger partial charge in [-0.05, 0) is 19.1 Å². The third kappa shape index (κ3) is 2.49. The lowest BCUT2D eigenvalue weighted by Gasteiger charge is -2.06. The molecule has 2 aromatic heterocycles. The van der Waals surface area contributed by atoms with Gasteiger partial charge in [-0.15, -0.1) is 10.2 Å². The van der Waals surface area contributed by atoms with Gasteiger partial charge in [0.05, 0.1) is 11.3 Å². The highest BCUT2D eigenvalue weighted by molar-refractivity contribution is 7.98. The van der Waals surface area contributed by atoms with E-state index in [1.54, 1.807) is 17.8 Å². The molecule has 0 N–H and O–H groups in total. The molecule has 0 spiro atoms. The lowest BCUT2D eigenvalue weighted by Crippen LogP contribution is -2.01. The summed E-state index contributed by atoms with van der Waals surface area (Å²) in [5.74, 6) is 2.17. The summed E-state index contributed by atoms with van der Waals surface area (Å²) in [4.78, 5) is 4.46. The van der Waals surface area contributed by atoms with Gasteiger partial charge in [0.2, 0.25) is 0 Å². The van der Waals surface area contributed by atoms with Crippen molar-refractivity contribution in [2.75, 3.05) is 0 Å². The topological polar surface area (TPSA) is 48.5 Å². The maximum Gasteiger partial charge on any atom is 0.191 e. The largest absolute Gasteiger partial charge is 0.327 e. The first-order valence-corrected chi connectivity index (χ1v) is 8.29. The smallest absolute Gasteiger partial charge is 0.191 e. The van der Waals surface area contributed by atoms with Gasteiger partial charge in [-0.3, -0.25) is 0 Å². The van der Waals surface area contributed by atoms with Crippen LogP contribution in [0.3, 0.4) is 0 Å². The van der Waals surface area contributed by atoms with Crippen LogP contribution in [0.2, 0.25) is 0 Å². The van der Waals surface area contributed by atoms with Crippen LogP contribution >= 0.6 is 11.8 Å². The zero-order valence-electron chi connectivity index (χ0n) is 12.9. The average Bonchev–Trinajstić information content (AvgIpc) is 3.06. The van der Waals surface area contributed by atoms with Crippen molar-refractivity contribution in [2.24, 2.45) is 7.05 Å². The minimum absolute atomic E-state index is 0.275. The molecule has 0 aliphatic rings. The van der Waals surface area contributed by atoms with Crippen molar-refractivity contribution in [3.63, 3.8) is 0 Å². The van der Waals surface area contributed by atoms with Gasteiger partial charge in [-0.2, -0.15) is 0 Å². The van der Waals surface area contributed by atoms with E-state index in [0.717, 1.165) is 35.3 Å². The summed E-state index contributed by atoms with van der Waals surface area (Å²) >= 11 is 1.57. The highest BCUT2D eigenvalue weighted by Gasteiger charge is 2.14. The second-order valence-corrected chi connectivity index (χ2v) is 5.92. The lowest BCUT2D eigenvalue weighted by molar-refractivity contribution is 0.637. The lowest BCUT2D eigenvalue weighted by atomic mass is 10.3. The van der Waals surface area contributed by atoms with Crippen molar-refractivity contribution >= 4 is 22.8 Å². The van der Waals surface area contributed by atoms with E-state index in [1.165, 1.54) is 6.07 Å². The van der Waals surface area contributed by atoms with Gasteiger partial charge in [-0.1, -0.05) is 24.8 Å². The Balaban J connectivity index is 1.90. The van der Waals surface area contributed by atoms with E-state index in [-0.39, 0.29) is 5.82 Å². The molecule has 7 heteroatoms. The highest BCUT2D eigenvalue weighted by atomic mass is 32.2. The van der Waals surface area contributed by atoms with Gasteiger partial charge >= 0.3 is 0 Å². The maximum atomic E-state index is 13.9. The Morgan fingerprint density at radius 1 is 1.18 bits per heavy atom. The first-order chi connectivity index (χ1) is 10.7. The van der Waals surface area contributed by atoms with E-state index in [0.29, 0.717) is 11.3 Å². The van der Waals surface area contributed by atoms with Crippen molar-refractivity contribution in [1.82, 2.24) is 24.3 Å². The van der Waals surface area contributed by atoms with E-state index >= 15 is 0 Å². The summed E-state index contributed by atoms with van der Waals surface area (Å²) < 4.78 is 17.9. The Morgan fingerprint density at radius 2 is 2.00 bits per heavy atom. The van der Waals surface area contributed by atoms with Crippen LogP contribution in [0.25, 0.3) is 11.0 Å². The number of hydrogen-bond acceptors (Lipinski definition) is 4. The number of halogens is 1. The van der Waals surface area contributed by atoms with E-state index in [9.17, 15) is 4.39 Å². The third-order valence-corrected chi connectivity index (χ3v) is 4.71. The predicted molar refractivity (Wildman–Crippen MR) is 85.3 cm³/mol. The van der Waals surface area contributed by atoms with Gasteiger partial charge in [0.1, 0.15) is 17.2 Å². The fourth-order valence-electron chi connectivity index (χ4n) is 2.53. The third-order valence-electron chi connectivity index (χ3n) is 3.70. The monoisotopic (exact) mass is 319 g/mol. The van der Waals surface area contributed by atoms with Crippen LogP contribution in [0.1, 0.15) is 25.5 Å². The average molecular weight is 319 g/mol. The number of para-hydroxylation sites is 1. The second-order valence-electron chi connectivity index (χ2n) is 4.98. The van der Waals surface area contributed by atoms with Crippen LogP contribution in [0.4, 0.5) is 4.39 Å². The van der Waals surface area contributed by atoms with E-state index in [1.807, 2.05) is 29.2 Å². The molecule has 0 fully saturated rings. The summed E-state index contributed by atoms with van der Waals surface area (Å²) in [5, 5.41) is 9.20. The molecule has 0 saturated carbocycles. The minimum atomic E-state index is -0.275. The molecule has 0 radical (unpaired) electrons. The number of benzene rings is 1. The minimum Gasteiger partial charge on any atom is -0.327 e. The molecule has 0 bridgehead atoms. The number of aryl methyl sites for hydroxylation is 2. The van der Waals surface area contributed by atoms with Crippen molar-refractivity contribution in [2.45, 2.75) is 37.7 Å². The Bertz CT molecular complexity index is 808. The molecular formula is C15H18FN5S.